The molecule has 0 radical (unpaired) electrons. The Hall–Kier alpha value is -1.33. The monoisotopic (exact) mass is 281 g/mol. The maximum absolute atomic E-state index is 12.3. The highest BCUT2D eigenvalue weighted by atomic mass is 16.5. The van der Waals surface area contributed by atoms with Gasteiger partial charge in [-0.3, -0.25) is 4.79 Å². The van der Waals surface area contributed by atoms with E-state index in [9.17, 15) is 4.79 Å². The van der Waals surface area contributed by atoms with Crippen molar-refractivity contribution >= 4 is 5.91 Å². The molecule has 0 unspecified atom stereocenters. The van der Waals surface area contributed by atoms with E-state index in [0.717, 1.165) is 11.5 Å². The van der Waals surface area contributed by atoms with Crippen molar-refractivity contribution in [3.8, 4) is 0 Å². The topological polar surface area (TPSA) is 51.9 Å². The number of hydrogen-bond acceptors (Lipinski definition) is 4. The molecule has 1 aliphatic rings. The van der Waals surface area contributed by atoms with Crippen molar-refractivity contribution in [2.75, 3.05) is 26.4 Å². The van der Waals surface area contributed by atoms with E-state index in [4.69, 9.17) is 13.9 Å². The zero-order valence-electron chi connectivity index (χ0n) is 12.4. The minimum Gasteiger partial charge on any atom is -0.464 e. The van der Waals surface area contributed by atoms with E-state index in [2.05, 4.69) is 0 Å². The second-order valence-corrected chi connectivity index (χ2v) is 5.30. The molecule has 2 rings (SSSR count). The van der Waals surface area contributed by atoms with Gasteiger partial charge in [0.25, 0.3) is 0 Å². The summed E-state index contributed by atoms with van der Waals surface area (Å²) in [6.45, 7) is 7.95. The molecule has 0 spiro atoms. The molecule has 0 aliphatic carbocycles. The van der Waals surface area contributed by atoms with Crippen LogP contribution in [-0.2, 0) is 14.3 Å². The highest BCUT2D eigenvalue weighted by molar-refractivity contribution is 5.76. The molecular weight excluding hydrogens is 258 g/mol. The molecule has 20 heavy (non-hydrogen) atoms. The number of aryl methyl sites for hydroxylation is 1. The standard InChI is InChI=1S/C15H23NO4/c1-11(2)19-8-6-15(17)16-7-9-18-10-13(16)14-5-4-12(3)20-14/h4-5,11,13H,6-10H2,1-3H3/t13-/m0/s1. The van der Waals surface area contributed by atoms with E-state index in [1.807, 2.05) is 37.8 Å². The third-order valence-corrected chi connectivity index (χ3v) is 3.31. The Kier molecular flexibility index (Phi) is 5.20. The molecule has 5 heteroatoms. The van der Waals surface area contributed by atoms with Gasteiger partial charge in [0, 0.05) is 6.54 Å². The molecule has 112 valence electrons. The number of carbonyl (C=O) groups is 1. The van der Waals surface area contributed by atoms with E-state index in [0.29, 0.717) is 32.8 Å². The minimum absolute atomic E-state index is 0.0907. The fourth-order valence-corrected chi connectivity index (χ4v) is 2.30. The summed E-state index contributed by atoms with van der Waals surface area (Å²) in [5.74, 6) is 1.73. The lowest BCUT2D eigenvalue weighted by atomic mass is 10.1. The molecule has 1 aromatic heterocycles. The van der Waals surface area contributed by atoms with Crippen LogP contribution in [0.3, 0.4) is 0 Å². The Morgan fingerprint density at radius 1 is 1.50 bits per heavy atom. The highest BCUT2D eigenvalue weighted by Crippen LogP contribution is 2.26. The van der Waals surface area contributed by atoms with Crippen molar-refractivity contribution in [1.29, 1.82) is 0 Å². The first-order valence-electron chi connectivity index (χ1n) is 7.13. The van der Waals surface area contributed by atoms with Crippen LogP contribution >= 0.6 is 0 Å². The zero-order valence-corrected chi connectivity index (χ0v) is 12.4. The number of furan rings is 1. The van der Waals surface area contributed by atoms with Crippen LogP contribution in [0.25, 0.3) is 0 Å². The first-order chi connectivity index (χ1) is 9.58. The van der Waals surface area contributed by atoms with Gasteiger partial charge < -0.3 is 18.8 Å². The summed E-state index contributed by atoms with van der Waals surface area (Å²) < 4.78 is 16.6. The van der Waals surface area contributed by atoms with Gasteiger partial charge >= 0.3 is 0 Å². The molecule has 5 nitrogen and oxygen atoms in total. The zero-order chi connectivity index (χ0) is 14.5. The van der Waals surface area contributed by atoms with Crippen molar-refractivity contribution in [3.05, 3.63) is 23.7 Å². The predicted molar refractivity (Wildman–Crippen MR) is 74.4 cm³/mol. The third-order valence-electron chi connectivity index (χ3n) is 3.31. The fourth-order valence-electron chi connectivity index (χ4n) is 2.30. The fraction of sp³-hybridized carbons (Fsp3) is 0.667. The van der Waals surface area contributed by atoms with Crippen LogP contribution in [-0.4, -0.2) is 43.3 Å². The molecule has 0 bridgehead atoms. The van der Waals surface area contributed by atoms with E-state index in [-0.39, 0.29) is 18.1 Å². The van der Waals surface area contributed by atoms with Crippen molar-refractivity contribution < 1.29 is 18.7 Å². The quantitative estimate of drug-likeness (QED) is 0.831. The van der Waals surface area contributed by atoms with Crippen LogP contribution in [0, 0.1) is 6.92 Å². The largest absolute Gasteiger partial charge is 0.464 e. The summed E-state index contributed by atoms with van der Waals surface area (Å²) in [7, 11) is 0. The number of carbonyl (C=O) groups excluding carboxylic acids is 1. The number of amides is 1. The molecule has 0 aromatic carbocycles. The molecule has 1 saturated heterocycles. The van der Waals surface area contributed by atoms with Gasteiger partial charge in [-0.2, -0.15) is 0 Å². The number of rotatable bonds is 5. The first-order valence-corrected chi connectivity index (χ1v) is 7.13. The van der Waals surface area contributed by atoms with Gasteiger partial charge in [-0.1, -0.05) is 0 Å². The van der Waals surface area contributed by atoms with E-state index >= 15 is 0 Å². The molecular formula is C15H23NO4. The Morgan fingerprint density at radius 2 is 2.30 bits per heavy atom. The summed E-state index contributed by atoms with van der Waals surface area (Å²) in [4.78, 5) is 14.2. The molecule has 2 heterocycles. The molecule has 1 fully saturated rings. The van der Waals surface area contributed by atoms with E-state index in [1.54, 1.807) is 0 Å². The molecule has 1 atom stereocenters. The first kappa shape index (κ1) is 15.1. The van der Waals surface area contributed by atoms with Crippen LogP contribution in [0.15, 0.2) is 16.5 Å². The molecule has 1 aromatic rings. The average Bonchev–Trinajstić information content (AvgIpc) is 2.85. The second kappa shape index (κ2) is 6.90. The highest BCUT2D eigenvalue weighted by Gasteiger charge is 2.30. The van der Waals surface area contributed by atoms with Crippen LogP contribution in [0.2, 0.25) is 0 Å². The Morgan fingerprint density at radius 3 is 2.95 bits per heavy atom. The summed E-state index contributed by atoms with van der Waals surface area (Å²) in [6.07, 6.45) is 0.546. The van der Waals surface area contributed by atoms with Gasteiger partial charge in [-0.25, -0.2) is 0 Å². The normalized spacial score (nSPS) is 19.6. The second-order valence-electron chi connectivity index (χ2n) is 5.30. The summed E-state index contributed by atoms with van der Waals surface area (Å²) in [5, 5.41) is 0. The van der Waals surface area contributed by atoms with Crippen molar-refractivity contribution in [2.24, 2.45) is 0 Å². The van der Waals surface area contributed by atoms with E-state index in [1.165, 1.54) is 0 Å². The number of nitrogens with zero attached hydrogens (tertiary/aromatic N) is 1. The maximum Gasteiger partial charge on any atom is 0.225 e. The molecule has 0 N–H and O–H groups in total. The summed E-state index contributed by atoms with van der Waals surface area (Å²) in [5.41, 5.74) is 0. The van der Waals surface area contributed by atoms with Gasteiger partial charge in [0.2, 0.25) is 5.91 Å². The van der Waals surface area contributed by atoms with Gasteiger partial charge in [0.05, 0.1) is 32.3 Å². The van der Waals surface area contributed by atoms with Gasteiger partial charge in [0.15, 0.2) is 0 Å². The number of hydrogen-bond donors (Lipinski definition) is 0. The molecule has 1 amide bonds. The SMILES string of the molecule is Cc1ccc([C@@H]2COCCN2C(=O)CCOC(C)C)o1. The number of morpholine rings is 1. The summed E-state index contributed by atoms with van der Waals surface area (Å²) >= 11 is 0. The Labute approximate surface area is 119 Å². The van der Waals surface area contributed by atoms with Crippen molar-refractivity contribution in [1.82, 2.24) is 4.90 Å². The van der Waals surface area contributed by atoms with E-state index < -0.39 is 0 Å². The third kappa shape index (κ3) is 3.84. The molecule has 1 aliphatic heterocycles. The lowest BCUT2D eigenvalue weighted by molar-refractivity contribution is -0.142. The predicted octanol–water partition coefficient (Wildman–Crippen LogP) is 2.30. The minimum atomic E-state index is -0.121. The Balaban J connectivity index is 1.97. The van der Waals surface area contributed by atoms with Crippen LogP contribution in [0.4, 0.5) is 0 Å². The smallest absolute Gasteiger partial charge is 0.225 e. The average molecular weight is 281 g/mol. The number of ether oxygens (including phenoxy) is 2. The van der Waals surface area contributed by atoms with Crippen LogP contribution < -0.4 is 0 Å². The van der Waals surface area contributed by atoms with Crippen molar-refractivity contribution in [2.45, 2.75) is 39.3 Å². The van der Waals surface area contributed by atoms with Gasteiger partial charge in [-0.15, -0.1) is 0 Å². The van der Waals surface area contributed by atoms with Crippen molar-refractivity contribution in [3.63, 3.8) is 0 Å². The van der Waals surface area contributed by atoms with Gasteiger partial charge in [-0.05, 0) is 32.9 Å². The summed E-state index contributed by atoms with van der Waals surface area (Å²) in [6, 6.07) is 3.71. The van der Waals surface area contributed by atoms with Gasteiger partial charge in [0.1, 0.15) is 17.6 Å². The lowest BCUT2D eigenvalue weighted by Crippen LogP contribution is -2.43. The maximum atomic E-state index is 12.3. The van der Waals surface area contributed by atoms with Crippen LogP contribution in [0.1, 0.15) is 37.8 Å². The Bertz CT molecular complexity index is 441. The molecule has 0 saturated carbocycles. The lowest BCUT2D eigenvalue weighted by Gasteiger charge is -2.34. The van der Waals surface area contributed by atoms with Crippen LogP contribution in [0.5, 0.6) is 0 Å².